The third-order valence-corrected chi connectivity index (χ3v) is 3.19. The molecular formula is C19H14O3. The van der Waals surface area contributed by atoms with Crippen molar-refractivity contribution in [3.05, 3.63) is 95.7 Å². The number of furan rings is 1. The Morgan fingerprint density at radius 3 is 2.09 bits per heavy atom. The molecule has 0 N–H and O–H groups in total. The molecule has 2 heterocycles. The van der Waals surface area contributed by atoms with E-state index in [9.17, 15) is 4.79 Å². The minimum atomic E-state index is 0.0121. The lowest BCUT2D eigenvalue weighted by atomic mass is 10.1. The van der Waals surface area contributed by atoms with Crippen molar-refractivity contribution in [3.63, 3.8) is 0 Å². The fraction of sp³-hybridized carbons (Fsp3) is 0. The lowest BCUT2D eigenvalue weighted by Crippen LogP contribution is -2.04. The zero-order valence-corrected chi connectivity index (χ0v) is 11.8. The Kier molecular flexibility index (Phi) is 4.16. The molecular weight excluding hydrogens is 276 g/mol. The number of hydrogen-bond acceptors (Lipinski definition) is 3. The van der Waals surface area contributed by atoms with Crippen molar-refractivity contribution >= 4 is 11.0 Å². The molecule has 0 aliphatic rings. The van der Waals surface area contributed by atoms with E-state index in [0.717, 1.165) is 5.56 Å². The van der Waals surface area contributed by atoms with Gasteiger partial charge in [0.1, 0.15) is 11.8 Å². The maximum absolute atomic E-state index is 12.3. The highest BCUT2D eigenvalue weighted by molar-refractivity contribution is 5.81. The molecule has 22 heavy (non-hydrogen) atoms. The van der Waals surface area contributed by atoms with Crippen molar-refractivity contribution < 1.29 is 8.83 Å². The Morgan fingerprint density at radius 1 is 0.727 bits per heavy atom. The van der Waals surface area contributed by atoms with Gasteiger partial charge in [-0.1, -0.05) is 42.5 Å². The van der Waals surface area contributed by atoms with Gasteiger partial charge in [0.2, 0.25) is 0 Å². The molecule has 0 atom stereocenters. The van der Waals surface area contributed by atoms with Gasteiger partial charge in [-0.05, 0) is 29.8 Å². The molecule has 0 bridgehead atoms. The number of rotatable bonds is 1. The number of hydrogen-bond donors (Lipinski definition) is 0. The smallest absolute Gasteiger partial charge is 0.200 e. The molecule has 108 valence electrons. The van der Waals surface area contributed by atoms with Crippen LogP contribution in [0, 0.1) is 0 Å². The molecule has 2 aromatic heterocycles. The standard InChI is InChI=1S/C15H10O2.C4H4O/c16-15-12-8-4-5-9-14(12)17-10-13(15)11-6-2-1-3-7-11;1-2-4-5-3-1/h1-10H;1-4H. The van der Waals surface area contributed by atoms with Crippen LogP contribution in [0.15, 0.2) is 99.1 Å². The van der Waals surface area contributed by atoms with Crippen molar-refractivity contribution in [2.24, 2.45) is 0 Å². The molecule has 0 aliphatic heterocycles. The Hall–Kier alpha value is -3.07. The Bertz CT molecular complexity index is 874. The zero-order chi connectivity index (χ0) is 15.2. The van der Waals surface area contributed by atoms with E-state index in [-0.39, 0.29) is 5.43 Å². The number of para-hydroxylation sites is 1. The van der Waals surface area contributed by atoms with Gasteiger partial charge in [0.15, 0.2) is 5.43 Å². The van der Waals surface area contributed by atoms with Crippen molar-refractivity contribution in [1.29, 1.82) is 0 Å². The van der Waals surface area contributed by atoms with Gasteiger partial charge in [0.05, 0.1) is 23.5 Å². The van der Waals surface area contributed by atoms with E-state index in [1.165, 1.54) is 6.26 Å². The Morgan fingerprint density at radius 2 is 1.41 bits per heavy atom. The van der Waals surface area contributed by atoms with Crippen LogP contribution in [-0.2, 0) is 0 Å². The van der Waals surface area contributed by atoms with Gasteiger partial charge in [0, 0.05) is 0 Å². The maximum Gasteiger partial charge on any atom is 0.200 e. The van der Waals surface area contributed by atoms with E-state index in [1.54, 1.807) is 24.7 Å². The number of fused-ring (bicyclic) bond motifs is 1. The van der Waals surface area contributed by atoms with Crippen LogP contribution in [0.3, 0.4) is 0 Å². The second-order valence-electron chi connectivity index (χ2n) is 4.63. The average molecular weight is 290 g/mol. The van der Waals surface area contributed by atoms with Gasteiger partial charge in [-0.15, -0.1) is 0 Å². The highest BCUT2D eigenvalue weighted by Gasteiger charge is 2.07. The quantitative estimate of drug-likeness (QED) is 0.508. The van der Waals surface area contributed by atoms with Crippen LogP contribution in [0.5, 0.6) is 0 Å². The topological polar surface area (TPSA) is 43.4 Å². The molecule has 0 saturated carbocycles. The summed E-state index contributed by atoms with van der Waals surface area (Å²) >= 11 is 0. The summed E-state index contributed by atoms with van der Waals surface area (Å²) in [7, 11) is 0. The first-order valence-electron chi connectivity index (χ1n) is 6.89. The fourth-order valence-corrected chi connectivity index (χ4v) is 2.12. The first-order valence-corrected chi connectivity index (χ1v) is 6.89. The molecule has 2 aromatic carbocycles. The molecule has 4 aromatic rings. The van der Waals surface area contributed by atoms with Gasteiger partial charge in [-0.25, -0.2) is 0 Å². The minimum Gasteiger partial charge on any atom is -0.473 e. The van der Waals surface area contributed by atoms with Crippen LogP contribution in [0.4, 0.5) is 0 Å². The zero-order valence-electron chi connectivity index (χ0n) is 11.8. The van der Waals surface area contributed by atoms with Crippen LogP contribution in [0.25, 0.3) is 22.1 Å². The minimum absolute atomic E-state index is 0.0121. The molecule has 0 radical (unpaired) electrons. The maximum atomic E-state index is 12.3. The largest absolute Gasteiger partial charge is 0.473 e. The van der Waals surface area contributed by atoms with Gasteiger partial charge in [0.25, 0.3) is 0 Å². The Labute approximate surface area is 127 Å². The highest BCUT2D eigenvalue weighted by atomic mass is 16.3. The van der Waals surface area contributed by atoms with Crippen LogP contribution in [-0.4, -0.2) is 0 Å². The lowest BCUT2D eigenvalue weighted by molar-refractivity contribution is 0.567. The van der Waals surface area contributed by atoms with E-state index < -0.39 is 0 Å². The van der Waals surface area contributed by atoms with E-state index >= 15 is 0 Å². The summed E-state index contributed by atoms with van der Waals surface area (Å²) in [5.74, 6) is 0. The predicted octanol–water partition coefficient (Wildman–Crippen LogP) is 4.74. The Balaban J connectivity index is 0.000000246. The molecule has 0 saturated heterocycles. The number of benzene rings is 2. The monoisotopic (exact) mass is 290 g/mol. The van der Waals surface area contributed by atoms with Crippen molar-refractivity contribution in [2.75, 3.05) is 0 Å². The molecule has 3 nitrogen and oxygen atoms in total. The molecule has 0 unspecified atom stereocenters. The van der Waals surface area contributed by atoms with Crippen LogP contribution in [0.2, 0.25) is 0 Å². The molecule has 0 amide bonds. The summed E-state index contributed by atoms with van der Waals surface area (Å²) in [5, 5.41) is 0.619. The van der Waals surface area contributed by atoms with E-state index in [1.807, 2.05) is 54.6 Å². The van der Waals surface area contributed by atoms with Gasteiger partial charge >= 0.3 is 0 Å². The molecule has 4 rings (SSSR count). The molecule has 3 heteroatoms. The summed E-state index contributed by atoms with van der Waals surface area (Å²) < 4.78 is 10.1. The van der Waals surface area contributed by atoms with Gasteiger partial charge < -0.3 is 8.83 Å². The fourth-order valence-electron chi connectivity index (χ4n) is 2.12. The third kappa shape index (κ3) is 2.99. The molecule has 0 aliphatic carbocycles. The van der Waals surface area contributed by atoms with Crippen LogP contribution in [0.1, 0.15) is 0 Å². The molecule has 0 spiro atoms. The van der Waals surface area contributed by atoms with Crippen molar-refractivity contribution in [2.45, 2.75) is 0 Å². The van der Waals surface area contributed by atoms with Gasteiger partial charge in [-0.3, -0.25) is 4.79 Å². The average Bonchev–Trinajstić information content (AvgIpc) is 3.16. The second kappa shape index (κ2) is 6.59. The van der Waals surface area contributed by atoms with Crippen LogP contribution < -0.4 is 5.43 Å². The first kappa shape index (κ1) is 13.9. The van der Waals surface area contributed by atoms with E-state index in [2.05, 4.69) is 4.42 Å². The van der Waals surface area contributed by atoms with Crippen molar-refractivity contribution in [1.82, 2.24) is 0 Å². The summed E-state index contributed by atoms with van der Waals surface area (Å²) in [4.78, 5) is 12.3. The third-order valence-electron chi connectivity index (χ3n) is 3.19. The van der Waals surface area contributed by atoms with Crippen LogP contribution >= 0.6 is 0 Å². The summed E-state index contributed by atoms with van der Waals surface area (Å²) in [5.41, 5.74) is 2.12. The van der Waals surface area contributed by atoms with E-state index in [4.69, 9.17) is 4.42 Å². The SMILES string of the molecule is O=c1c(-c2ccccc2)coc2ccccc12.c1ccoc1. The second-order valence-corrected chi connectivity index (χ2v) is 4.63. The summed E-state index contributed by atoms with van der Waals surface area (Å²) in [6.45, 7) is 0. The lowest BCUT2D eigenvalue weighted by Gasteiger charge is -2.01. The highest BCUT2D eigenvalue weighted by Crippen LogP contribution is 2.18. The summed E-state index contributed by atoms with van der Waals surface area (Å²) in [6, 6.07) is 20.5. The summed E-state index contributed by atoms with van der Waals surface area (Å²) in [6.07, 6.45) is 4.78. The normalized spacial score (nSPS) is 10.0. The first-order chi connectivity index (χ1) is 10.9. The van der Waals surface area contributed by atoms with Gasteiger partial charge in [-0.2, -0.15) is 0 Å². The van der Waals surface area contributed by atoms with E-state index in [0.29, 0.717) is 16.5 Å². The van der Waals surface area contributed by atoms with Crippen molar-refractivity contribution in [3.8, 4) is 11.1 Å². The predicted molar refractivity (Wildman–Crippen MR) is 86.6 cm³/mol. The molecule has 0 fully saturated rings.